The summed E-state index contributed by atoms with van der Waals surface area (Å²) < 4.78 is 0. The lowest BCUT2D eigenvalue weighted by Gasteiger charge is -2.15. The smallest absolute Gasteiger partial charge is 0.242 e. The van der Waals surface area contributed by atoms with Gasteiger partial charge in [0, 0.05) is 18.8 Å². The zero-order valence-corrected chi connectivity index (χ0v) is 5.53. The van der Waals surface area contributed by atoms with Crippen LogP contribution in [0.25, 0.3) is 0 Å². The SMILES string of the molecule is O=C1CC2=C(CNC2)NN1. The Morgan fingerprint density at radius 1 is 1.20 bits per heavy atom. The molecule has 0 fully saturated rings. The highest BCUT2D eigenvalue weighted by molar-refractivity contribution is 5.80. The van der Waals surface area contributed by atoms with E-state index in [4.69, 9.17) is 0 Å². The predicted molar refractivity (Wildman–Crippen MR) is 35.8 cm³/mol. The molecule has 2 aliphatic rings. The van der Waals surface area contributed by atoms with E-state index >= 15 is 0 Å². The van der Waals surface area contributed by atoms with Crippen molar-refractivity contribution >= 4 is 5.91 Å². The monoisotopic (exact) mass is 139 g/mol. The fourth-order valence-electron chi connectivity index (χ4n) is 1.26. The van der Waals surface area contributed by atoms with Crippen LogP contribution in [0.4, 0.5) is 0 Å². The van der Waals surface area contributed by atoms with Gasteiger partial charge in [-0.15, -0.1) is 0 Å². The first-order chi connectivity index (χ1) is 4.86. The summed E-state index contributed by atoms with van der Waals surface area (Å²) in [6.07, 6.45) is 0.551. The minimum atomic E-state index is 0.0578. The normalized spacial score (nSPS) is 23.8. The first-order valence-electron chi connectivity index (χ1n) is 3.33. The average molecular weight is 139 g/mol. The molecule has 0 saturated carbocycles. The van der Waals surface area contributed by atoms with Gasteiger partial charge < -0.3 is 10.7 Å². The second kappa shape index (κ2) is 1.98. The minimum Gasteiger partial charge on any atom is -0.307 e. The van der Waals surface area contributed by atoms with Crippen LogP contribution in [0.5, 0.6) is 0 Å². The van der Waals surface area contributed by atoms with E-state index in [1.807, 2.05) is 0 Å². The Labute approximate surface area is 58.6 Å². The molecule has 0 spiro atoms. The summed E-state index contributed by atoms with van der Waals surface area (Å²) in [6, 6.07) is 0. The Morgan fingerprint density at radius 3 is 3.00 bits per heavy atom. The number of hydrogen-bond acceptors (Lipinski definition) is 3. The number of hydrogen-bond donors (Lipinski definition) is 3. The van der Waals surface area contributed by atoms with Crippen LogP contribution in [-0.2, 0) is 4.79 Å². The first kappa shape index (κ1) is 5.73. The number of carbonyl (C=O) groups excluding carboxylic acids is 1. The molecule has 0 aromatic heterocycles. The molecule has 2 aliphatic heterocycles. The Balaban J connectivity index is 2.21. The van der Waals surface area contributed by atoms with E-state index in [-0.39, 0.29) is 5.91 Å². The van der Waals surface area contributed by atoms with Crippen LogP contribution < -0.4 is 16.2 Å². The molecule has 0 atom stereocenters. The second-order valence-corrected chi connectivity index (χ2v) is 2.54. The molecule has 0 saturated heterocycles. The third kappa shape index (κ3) is 0.769. The average Bonchev–Trinajstić information content (AvgIpc) is 2.33. The van der Waals surface area contributed by atoms with E-state index in [2.05, 4.69) is 16.2 Å². The van der Waals surface area contributed by atoms with Crippen molar-refractivity contribution in [2.24, 2.45) is 0 Å². The molecule has 4 nitrogen and oxygen atoms in total. The maximum absolute atomic E-state index is 10.8. The summed E-state index contributed by atoms with van der Waals surface area (Å²) in [5.41, 5.74) is 7.75. The fraction of sp³-hybridized carbons (Fsp3) is 0.500. The van der Waals surface area contributed by atoms with Gasteiger partial charge in [-0.2, -0.15) is 0 Å². The maximum atomic E-state index is 10.8. The van der Waals surface area contributed by atoms with Crippen molar-refractivity contribution in [3.63, 3.8) is 0 Å². The van der Waals surface area contributed by atoms with Crippen molar-refractivity contribution in [2.45, 2.75) is 6.42 Å². The van der Waals surface area contributed by atoms with E-state index in [1.54, 1.807) is 0 Å². The van der Waals surface area contributed by atoms with Crippen molar-refractivity contribution in [1.29, 1.82) is 0 Å². The molecule has 3 N–H and O–H groups in total. The first-order valence-corrected chi connectivity index (χ1v) is 3.33. The van der Waals surface area contributed by atoms with Crippen LogP contribution in [0, 0.1) is 0 Å². The molecule has 1 amide bonds. The summed E-state index contributed by atoms with van der Waals surface area (Å²) in [5, 5.41) is 3.16. The standard InChI is InChI=1S/C6H9N3O/c10-6-1-4-2-7-3-5(4)8-9-6/h7-8H,1-3H2,(H,9,10). The van der Waals surface area contributed by atoms with Gasteiger partial charge in [0.2, 0.25) is 5.91 Å². The lowest BCUT2D eigenvalue weighted by molar-refractivity contribution is -0.121. The van der Waals surface area contributed by atoms with Crippen molar-refractivity contribution in [3.05, 3.63) is 11.3 Å². The van der Waals surface area contributed by atoms with Crippen molar-refractivity contribution < 1.29 is 4.79 Å². The largest absolute Gasteiger partial charge is 0.307 e. The minimum absolute atomic E-state index is 0.0578. The van der Waals surface area contributed by atoms with Crippen molar-refractivity contribution in [3.8, 4) is 0 Å². The second-order valence-electron chi connectivity index (χ2n) is 2.54. The van der Waals surface area contributed by atoms with Gasteiger partial charge in [-0.1, -0.05) is 0 Å². The highest BCUT2D eigenvalue weighted by Crippen LogP contribution is 2.12. The molecule has 0 unspecified atom stereocenters. The van der Waals surface area contributed by atoms with Gasteiger partial charge in [0.25, 0.3) is 0 Å². The third-order valence-electron chi connectivity index (χ3n) is 1.79. The van der Waals surface area contributed by atoms with E-state index < -0.39 is 0 Å². The molecule has 2 heterocycles. The highest BCUT2D eigenvalue weighted by atomic mass is 16.2. The van der Waals surface area contributed by atoms with Gasteiger partial charge in [0.15, 0.2) is 0 Å². The summed E-state index contributed by atoms with van der Waals surface area (Å²) in [5.74, 6) is 0.0578. The quantitative estimate of drug-likeness (QED) is 0.398. The topological polar surface area (TPSA) is 53.2 Å². The van der Waals surface area contributed by atoms with Crippen molar-refractivity contribution in [1.82, 2.24) is 16.2 Å². The summed E-state index contributed by atoms with van der Waals surface area (Å²) in [4.78, 5) is 10.8. The van der Waals surface area contributed by atoms with E-state index in [9.17, 15) is 4.79 Å². The van der Waals surface area contributed by atoms with Crippen LogP contribution in [0.3, 0.4) is 0 Å². The summed E-state index contributed by atoms with van der Waals surface area (Å²) in [7, 11) is 0. The summed E-state index contributed by atoms with van der Waals surface area (Å²) >= 11 is 0. The van der Waals surface area contributed by atoms with Gasteiger partial charge in [0.05, 0.1) is 6.42 Å². The number of rotatable bonds is 0. The Hall–Kier alpha value is -1.03. The molecular formula is C6H9N3O. The van der Waals surface area contributed by atoms with Gasteiger partial charge in [-0.25, -0.2) is 0 Å². The fourth-order valence-corrected chi connectivity index (χ4v) is 1.26. The third-order valence-corrected chi connectivity index (χ3v) is 1.79. The van der Waals surface area contributed by atoms with Gasteiger partial charge in [-0.3, -0.25) is 10.2 Å². The lowest BCUT2D eigenvalue weighted by atomic mass is 10.1. The highest BCUT2D eigenvalue weighted by Gasteiger charge is 2.20. The van der Waals surface area contributed by atoms with Gasteiger partial charge in [0.1, 0.15) is 0 Å². The number of amides is 1. The molecule has 0 radical (unpaired) electrons. The summed E-state index contributed by atoms with van der Waals surface area (Å²) in [6.45, 7) is 1.71. The molecule has 2 rings (SSSR count). The number of carbonyl (C=O) groups is 1. The van der Waals surface area contributed by atoms with Gasteiger partial charge >= 0.3 is 0 Å². The van der Waals surface area contributed by atoms with Crippen LogP contribution in [0.15, 0.2) is 11.3 Å². The lowest BCUT2D eigenvalue weighted by Crippen LogP contribution is -2.41. The van der Waals surface area contributed by atoms with Crippen LogP contribution in [-0.4, -0.2) is 19.0 Å². The number of hydrazine groups is 1. The zero-order valence-electron chi connectivity index (χ0n) is 5.53. The molecule has 54 valence electrons. The zero-order chi connectivity index (χ0) is 6.97. The number of nitrogens with one attached hydrogen (secondary N) is 3. The molecule has 0 aliphatic carbocycles. The van der Waals surface area contributed by atoms with E-state index in [1.165, 1.54) is 5.57 Å². The van der Waals surface area contributed by atoms with Crippen molar-refractivity contribution in [2.75, 3.05) is 13.1 Å². The Kier molecular flexibility index (Phi) is 1.14. The molecule has 0 bridgehead atoms. The maximum Gasteiger partial charge on any atom is 0.242 e. The van der Waals surface area contributed by atoms with E-state index in [0.717, 1.165) is 18.8 Å². The van der Waals surface area contributed by atoms with Gasteiger partial charge in [-0.05, 0) is 5.57 Å². The molecule has 0 aromatic carbocycles. The van der Waals surface area contributed by atoms with Crippen LogP contribution in [0.2, 0.25) is 0 Å². The van der Waals surface area contributed by atoms with Crippen LogP contribution >= 0.6 is 0 Å². The van der Waals surface area contributed by atoms with E-state index in [0.29, 0.717) is 6.42 Å². The Morgan fingerprint density at radius 2 is 2.10 bits per heavy atom. The molecule has 0 aromatic rings. The molecule has 10 heavy (non-hydrogen) atoms. The Bertz CT molecular complexity index is 209. The predicted octanol–water partition coefficient (Wildman–Crippen LogP) is -1.13. The van der Waals surface area contributed by atoms with Crippen LogP contribution in [0.1, 0.15) is 6.42 Å². The molecule has 4 heteroatoms. The molecular weight excluding hydrogens is 130 g/mol.